The number of thiazole rings is 1. The molecule has 2 aromatic carbocycles. The van der Waals surface area contributed by atoms with Gasteiger partial charge in [-0.3, -0.25) is 9.69 Å². The summed E-state index contributed by atoms with van der Waals surface area (Å²) in [5.41, 5.74) is 0.670. The molecule has 0 bridgehead atoms. The van der Waals surface area contributed by atoms with Crippen LogP contribution in [0.5, 0.6) is 5.75 Å². The standard InChI is InChI=1S/C23H22N2O5S2/c1-2-29-19-11-6-12-20-22(19)24-23(31-20)25(16-17-8-7-14-30-17)21(26)13-15-32(27,28)18-9-4-3-5-10-18/h3-12,14H,2,13,15-16H2,1H3. The van der Waals surface area contributed by atoms with E-state index >= 15 is 0 Å². The molecule has 1 amide bonds. The van der Waals surface area contributed by atoms with Crippen LogP contribution in [0.25, 0.3) is 10.2 Å². The van der Waals surface area contributed by atoms with Crippen LogP contribution < -0.4 is 9.64 Å². The fourth-order valence-corrected chi connectivity index (χ4v) is 5.47. The van der Waals surface area contributed by atoms with E-state index in [1.165, 1.54) is 34.6 Å². The Morgan fingerprint density at radius 3 is 2.62 bits per heavy atom. The maximum atomic E-state index is 13.2. The molecule has 0 aliphatic carbocycles. The first-order valence-corrected chi connectivity index (χ1v) is 12.6. The molecular formula is C23H22N2O5S2. The predicted octanol–water partition coefficient (Wildman–Crippen LogP) is 4.69. The molecule has 7 nitrogen and oxygen atoms in total. The summed E-state index contributed by atoms with van der Waals surface area (Å²) < 4.78 is 37.3. The number of rotatable bonds is 9. The number of carbonyl (C=O) groups excluding carboxylic acids is 1. The van der Waals surface area contributed by atoms with E-state index in [4.69, 9.17) is 9.15 Å². The molecule has 0 unspecified atom stereocenters. The van der Waals surface area contributed by atoms with E-state index in [1.807, 2.05) is 25.1 Å². The minimum Gasteiger partial charge on any atom is -0.492 e. The van der Waals surface area contributed by atoms with Crippen LogP contribution in [-0.4, -0.2) is 31.7 Å². The van der Waals surface area contributed by atoms with Crippen molar-refractivity contribution in [2.24, 2.45) is 0 Å². The maximum absolute atomic E-state index is 13.2. The number of carbonyl (C=O) groups is 1. The Morgan fingerprint density at radius 1 is 1.09 bits per heavy atom. The summed E-state index contributed by atoms with van der Waals surface area (Å²) in [5, 5.41) is 0.464. The molecule has 4 rings (SSSR count). The van der Waals surface area contributed by atoms with E-state index < -0.39 is 9.84 Å². The molecule has 0 saturated carbocycles. The highest BCUT2D eigenvalue weighted by Gasteiger charge is 2.24. The van der Waals surface area contributed by atoms with Crippen molar-refractivity contribution in [1.82, 2.24) is 4.98 Å². The predicted molar refractivity (Wildman–Crippen MR) is 124 cm³/mol. The number of hydrogen-bond donors (Lipinski definition) is 0. The second-order valence-electron chi connectivity index (χ2n) is 6.97. The molecule has 0 spiro atoms. The van der Waals surface area contributed by atoms with Gasteiger partial charge < -0.3 is 9.15 Å². The molecule has 0 aliphatic rings. The summed E-state index contributed by atoms with van der Waals surface area (Å²) in [6, 6.07) is 17.3. The van der Waals surface area contributed by atoms with Crippen LogP contribution in [0, 0.1) is 0 Å². The summed E-state index contributed by atoms with van der Waals surface area (Å²) in [6.07, 6.45) is 1.36. The van der Waals surface area contributed by atoms with Gasteiger partial charge in [0.05, 0.1) is 34.8 Å². The van der Waals surface area contributed by atoms with Crippen LogP contribution in [0.1, 0.15) is 19.1 Å². The van der Waals surface area contributed by atoms with Crippen LogP contribution in [-0.2, 0) is 21.2 Å². The number of furan rings is 1. The molecule has 2 aromatic heterocycles. The van der Waals surface area contributed by atoms with E-state index in [2.05, 4.69) is 4.98 Å². The quantitative estimate of drug-likeness (QED) is 0.353. The highest BCUT2D eigenvalue weighted by atomic mass is 32.2. The fourth-order valence-electron chi connectivity index (χ4n) is 3.22. The third-order valence-corrected chi connectivity index (χ3v) is 7.56. The lowest BCUT2D eigenvalue weighted by Crippen LogP contribution is -2.31. The Morgan fingerprint density at radius 2 is 1.91 bits per heavy atom. The van der Waals surface area contributed by atoms with Crippen molar-refractivity contribution >= 4 is 42.4 Å². The summed E-state index contributed by atoms with van der Waals surface area (Å²) in [5.74, 6) is 0.579. The molecule has 32 heavy (non-hydrogen) atoms. The summed E-state index contributed by atoms with van der Waals surface area (Å²) in [6.45, 7) is 2.55. The zero-order valence-electron chi connectivity index (χ0n) is 17.4. The number of aromatic nitrogens is 1. The minimum absolute atomic E-state index is 0.154. The van der Waals surface area contributed by atoms with Crippen molar-refractivity contribution in [2.75, 3.05) is 17.3 Å². The van der Waals surface area contributed by atoms with E-state index in [9.17, 15) is 13.2 Å². The van der Waals surface area contributed by atoms with Crippen molar-refractivity contribution in [3.8, 4) is 5.75 Å². The van der Waals surface area contributed by atoms with Gasteiger partial charge in [-0.25, -0.2) is 13.4 Å². The monoisotopic (exact) mass is 470 g/mol. The van der Waals surface area contributed by atoms with E-state index in [0.29, 0.717) is 28.8 Å². The number of ether oxygens (including phenoxy) is 1. The molecule has 0 radical (unpaired) electrons. The molecule has 0 atom stereocenters. The van der Waals surface area contributed by atoms with Crippen molar-refractivity contribution in [3.05, 3.63) is 72.7 Å². The number of amides is 1. The van der Waals surface area contributed by atoms with Gasteiger partial charge in [-0.15, -0.1) is 0 Å². The van der Waals surface area contributed by atoms with Crippen LogP contribution in [0.4, 0.5) is 5.13 Å². The molecular weight excluding hydrogens is 448 g/mol. The second kappa shape index (κ2) is 9.54. The van der Waals surface area contributed by atoms with Gasteiger partial charge in [-0.2, -0.15) is 0 Å². The molecule has 4 aromatic rings. The number of anilines is 1. The number of hydrogen-bond acceptors (Lipinski definition) is 7. The third-order valence-electron chi connectivity index (χ3n) is 4.78. The molecule has 0 N–H and O–H groups in total. The molecule has 166 valence electrons. The van der Waals surface area contributed by atoms with Gasteiger partial charge in [-0.1, -0.05) is 35.6 Å². The van der Waals surface area contributed by atoms with Gasteiger partial charge in [0, 0.05) is 6.42 Å². The summed E-state index contributed by atoms with van der Waals surface area (Å²) >= 11 is 1.35. The van der Waals surface area contributed by atoms with Crippen LogP contribution in [0.15, 0.2) is 76.2 Å². The number of benzene rings is 2. The molecule has 0 saturated heterocycles. The Kier molecular flexibility index (Phi) is 6.57. The van der Waals surface area contributed by atoms with Crippen molar-refractivity contribution in [2.45, 2.75) is 24.8 Å². The lowest BCUT2D eigenvalue weighted by Gasteiger charge is -2.18. The number of para-hydroxylation sites is 1. The van der Waals surface area contributed by atoms with Gasteiger partial charge in [0.2, 0.25) is 5.91 Å². The molecule has 2 heterocycles. The highest BCUT2D eigenvalue weighted by Crippen LogP contribution is 2.35. The first-order chi connectivity index (χ1) is 15.5. The van der Waals surface area contributed by atoms with Crippen LogP contribution in [0.3, 0.4) is 0 Å². The Labute approximate surface area is 190 Å². The zero-order valence-corrected chi connectivity index (χ0v) is 19.1. The average Bonchev–Trinajstić information content (AvgIpc) is 3.47. The number of sulfone groups is 1. The lowest BCUT2D eigenvalue weighted by atomic mass is 10.3. The molecule has 9 heteroatoms. The van der Waals surface area contributed by atoms with Gasteiger partial charge in [0.25, 0.3) is 0 Å². The largest absolute Gasteiger partial charge is 0.492 e. The summed E-state index contributed by atoms with van der Waals surface area (Å²) in [4.78, 5) is 19.5. The zero-order chi connectivity index (χ0) is 22.6. The number of nitrogens with zero attached hydrogens (tertiary/aromatic N) is 2. The van der Waals surface area contributed by atoms with E-state index in [1.54, 1.807) is 30.3 Å². The Bertz CT molecular complexity index is 1300. The van der Waals surface area contributed by atoms with E-state index in [0.717, 1.165) is 4.70 Å². The fraction of sp³-hybridized carbons (Fsp3) is 0.217. The van der Waals surface area contributed by atoms with E-state index in [-0.39, 0.29) is 29.5 Å². The van der Waals surface area contributed by atoms with Crippen molar-refractivity contribution in [1.29, 1.82) is 0 Å². The maximum Gasteiger partial charge on any atom is 0.230 e. The molecule has 0 fully saturated rings. The minimum atomic E-state index is -3.58. The van der Waals surface area contributed by atoms with Crippen LogP contribution in [0.2, 0.25) is 0 Å². The average molecular weight is 471 g/mol. The SMILES string of the molecule is CCOc1cccc2sc(N(Cc3ccco3)C(=O)CCS(=O)(=O)c3ccccc3)nc12. The Hall–Kier alpha value is -3.17. The highest BCUT2D eigenvalue weighted by molar-refractivity contribution is 7.91. The van der Waals surface area contributed by atoms with Crippen LogP contribution >= 0.6 is 11.3 Å². The third kappa shape index (κ3) is 4.84. The van der Waals surface area contributed by atoms with Gasteiger partial charge in [0.15, 0.2) is 15.0 Å². The van der Waals surface area contributed by atoms with Gasteiger partial charge in [-0.05, 0) is 43.3 Å². The van der Waals surface area contributed by atoms with Gasteiger partial charge in [0.1, 0.15) is 17.0 Å². The topological polar surface area (TPSA) is 89.7 Å². The Balaban J connectivity index is 1.61. The van der Waals surface area contributed by atoms with Gasteiger partial charge >= 0.3 is 0 Å². The summed E-state index contributed by atoms with van der Waals surface area (Å²) in [7, 11) is -3.58. The first-order valence-electron chi connectivity index (χ1n) is 10.1. The van der Waals surface area contributed by atoms with Crippen molar-refractivity contribution < 1.29 is 22.4 Å². The lowest BCUT2D eigenvalue weighted by molar-refractivity contribution is -0.118. The number of fused-ring (bicyclic) bond motifs is 1. The first kappa shape index (κ1) is 22.0. The smallest absolute Gasteiger partial charge is 0.230 e. The van der Waals surface area contributed by atoms with Crippen molar-refractivity contribution in [3.63, 3.8) is 0 Å². The molecule has 0 aliphatic heterocycles. The normalized spacial score (nSPS) is 11.5. The second-order valence-corrected chi connectivity index (χ2v) is 10.1.